The standard InChI is InChI=1S/C24H28N4O/c1-17(2)23(29)28-16-24(18-7-3-6-10-21(18)28)11-13-27(14-12-24)15-22-25-19-8-4-5-9-20(19)26-22/h3-10,17H,11-16H2,1-2H3,(H,25,26). The predicted octanol–water partition coefficient (Wildman–Crippen LogP) is 4.10. The lowest BCUT2D eigenvalue weighted by molar-refractivity contribution is -0.121. The van der Waals surface area contributed by atoms with Gasteiger partial charge in [-0.3, -0.25) is 9.69 Å². The summed E-state index contributed by atoms with van der Waals surface area (Å²) < 4.78 is 0. The Morgan fingerprint density at radius 1 is 1.10 bits per heavy atom. The lowest BCUT2D eigenvalue weighted by Crippen LogP contribution is -2.46. The number of benzene rings is 2. The van der Waals surface area contributed by atoms with Gasteiger partial charge in [0.25, 0.3) is 0 Å². The lowest BCUT2D eigenvalue weighted by Gasteiger charge is -2.39. The first-order valence-electron chi connectivity index (χ1n) is 10.6. The first-order valence-corrected chi connectivity index (χ1v) is 10.6. The smallest absolute Gasteiger partial charge is 0.229 e. The average molecular weight is 389 g/mol. The first-order chi connectivity index (χ1) is 14.1. The molecule has 5 rings (SSSR count). The number of likely N-dealkylation sites (tertiary alicyclic amines) is 1. The van der Waals surface area contributed by atoms with E-state index in [2.05, 4.69) is 46.3 Å². The van der Waals surface area contributed by atoms with Crippen molar-refractivity contribution < 1.29 is 4.79 Å². The molecule has 0 atom stereocenters. The number of rotatable bonds is 3. The lowest BCUT2D eigenvalue weighted by atomic mass is 9.74. The van der Waals surface area contributed by atoms with Crippen molar-refractivity contribution in [1.82, 2.24) is 14.9 Å². The Kier molecular flexibility index (Phi) is 4.43. The van der Waals surface area contributed by atoms with E-state index in [1.165, 1.54) is 5.56 Å². The zero-order chi connectivity index (χ0) is 20.0. The molecule has 150 valence electrons. The molecule has 2 aliphatic heterocycles. The van der Waals surface area contributed by atoms with E-state index in [0.29, 0.717) is 0 Å². The number of aromatic amines is 1. The highest BCUT2D eigenvalue weighted by atomic mass is 16.2. The van der Waals surface area contributed by atoms with Crippen LogP contribution in [0.3, 0.4) is 0 Å². The number of para-hydroxylation sites is 3. The third-order valence-electron chi connectivity index (χ3n) is 6.61. The number of hydrogen-bond donors (Lipinski definition) is 1. The van der Waals surface area contributed by atoms with Gasteiger partial charge in [-0.15, -0.1) is 0 Å². The third kappa shape index (κ3) is 3.14. The quantitative estimate of drug-likeness (QED) is 0.735. The molecule has 1 saturated heterocycles. The van der Waals surface area contributed by atoms with E-state index in [1.54, 1.807) is 0 Å². The van der Waals surface area contributed by atoms with Crippen LogP contribution in [0.25, 0.3) is 11.0 Å². The number of hydrogen-bond acceptors (Lipinski definition) is 3. The Hall–Kier alpha value is -2.66. The normalized spacial score (nSPS) is 18.7. The molecule has 0 bridgehead atoms. The molecule has 0 radical (unpaired) electrons. The number of H-pyrrole nitrogens is 1. The van der Waals surface area contributed by atoms with Crippen molar-refractivity contribution in [2.75, 3.05) is 24.5 Å². The molecule has 3 aromatic rings. The van der Waals surface area contributed by atoms with Crippen LogP contribution in [0.1, 0.15) is 38.1 Å². The molecule has 0 aliphatic carbocycles. The Morgan fingerprint density at radius 3 is 2.59 bits per heavy atom. The van der Waals surface area contributed by atoms with Crippen molar-refractivity contribution in [2.45, 2.75) is 38.6 Å². The van der Waals surface area contributed by atoms with Gasteiger partial charge in [-0.1, -0.05) is 44.2 Å². The summed E-state index contributed by atoms with van der Waals surface area (Å²) in [5.74, 6) is 1.29. The zero-order valence-electron chi connectivity index (χ0n) is 17.2. The van der Waals surface area contributed by atoms with Crippen LogP contribution in [0.5, 0.6) is 0 Å². The first kappa shape index (κ1) is 18.4. The number of anilines is 1. The van der Waals surface area contributed by atoms with Crippen LogP contribution in [-0.4, -0.2) is 40.4 Å². The fraction of sp³-hybridized carbons (Fsp3) is 0.417. The fourth-order valence-corrected chi connectivity index (χ4v) is 5.00. The maximum absolute atomic E-state index is 12.8. The van der Waals surface area contributed by atoms with Gasteiger partial charge in [-0.05, 0) is 49.7 Å². The summed E-state index contributed by atoms with van der Waals surface area (Å²) in [5.41, 5.74) is 4.70. The molecule has 1 spiro atoms. The molecule has 0 unspecified atom stereocenters. The highest BCUT2D eigenvalue weighted by Crippen LogP contribution is 2.47. The van der Waals surface area contributed by atoms with Gasteiger partial charge in [0.05, 0.1) is 17.6 Å². The van der Waals surface area contributed by atoms with Crippen molar-refractivity contribution in [1.29, 1.82) is 0 Å². The van der Waals surface area contributed by atoms with Crippen LogP contribution < -0.4 is 4.90 Å². The van der Waals surface area contributed by atoms with E-state index in [-0.39, 0.29) is 17.2 Å². The number of nitrogens with zero attached hydrogens (tertiary/aromatic N) is 3. The number of aromatic nitrogens is 2. The SMILES string of the molecule is CC(C)C(=O)N1CC2(CCN(Cc3nc4ccccc4[nH]3)CC2)c2ccccc21. The molecule has 2 aliphatic rings. The molecule has 1 fully saturated rings. The fourth-order valence-electron chi connectivity index (χ4n) is 5.00. The zero-order valence-corrected chi connectivity index (χ0v) is 17.2. The van der Waals surface area contributed by atoms with Gasteiger partial charge in [-0.2, -0.15) is 0 Å². The van der Waals surface area contributed by atoms with Crippen molar-refractivity contribution in [3.63, 3.8) is 0 Å². The van der Waals surface area contributed by atoms with Gasteiger partial charge >= 0.3 is 0 Å². The maximum Gasteiger partial charge on any atom is 0.229 e. The molecular weight excluding hydrogens is 360 g/mol. The molecular formula is C24H28N4O. The molecule has 1 aromatic heterocycles. The highest BCUT2D eigenvalue weighted by molar-refractivity contribution is 5.97. The van der Waals surface area contributed by atoms with Crippen LogP contribution in [-0.2, 0) is 16.8 Å². The van der Waals surface area contributed by atoms with E-state index in [9.17, 15) is 4.79 Å². The van der Waals surface area contributed by atoms with Gasteiger partial charge in [-0.25, -0.2) is 4.98 Å². The number of fused-ring (bicyclic) bond motifs is 3. The number of carbonyl (C=O) groups excluding carboxylic acids is 1. The summed E-state index contributed by atoms with van der Waals surface area (Å²) in [7, 11) is 0. The summed E-state index contributed by atoms with van der Waals surface area (Å²) in [6.45, 7) is 7.70. The second-order valence-electron chi connectivity index (χ2n) is 8.85. The van der Waals surface area contributed by atoms with Gasteiger partial charge in [0.2, 0.25) is 5.91 Å². The largest absolute Gasteiger partial charge is 0.341 e. The molecule has 29 heavy (non-hydrogen) atoms. The monoisotopic (exact) mass is 388 g/mol. The molecule has 1 amide bonds. The topological polar surface area (TPSA) is 52.2 Å². The van der Waals surface area contributed by atoms with E-state index in [4.69, 9.17) is 4.98 Å². The summed E-state index contributed by atoms with van der Waals surface area (Å²) >= 11 is 0. The molecule has 5 nitrogen and oxygen atoms in total. The highest BCUT2D eigenvalue weighted by Gasteiger charge is 2.46. The van der Waals surface area contributed by atoms with Gasteiger partial charge < -0.3 is 9.88 Å². The Labute approximate surface area is 171 Å². The van der Waals surface area contributed by atoms with E-state index in [1.807, 2.05) is 30.9 Å². The van der Waals surface area contributed by atoms with Crippen molar-refractivity contribution >= 4 is 22.6 Å². The number of nitrogens with one attached hydrogen (secondary N) is 1. The minimum Gasteiger partial charge on any atom is -0.341 e. The minimum absolute atomic E-state index is 0.0198. The second kappa shape index (κ2) is 6.99. The number of piperidine rings is 1. The van der Waals surface area contributed by atoms with E-state index >= 15 is 0 Å². The van der Waals surface area contributed by atoms with Crippen LogP contribution in [0.15, 0.2) is 48.5 Å². The Balaban J connectivity index is 1.33. The summed E-state index contributed by atoms with van der Waals surface area (Å²) in [5, 5.41) is 0. The minimum atomic E-state index is 0.0198. The Bertz CT molecular complexity index is 1010. The maximum atomic E-state index is 12.8. The van der Waals surface area contributed by atoms with Crippen molar-refractivity contribution in [3.05, 3.63) is 59.9 Å². The van der Waals surface area contributed by atoms with Crippen LogP contribution in [0.2, 0.25) is 0 Å². The van der Waals surface area contributed by atoms with E-state index in [0.717, 1.165) is 61.6 Å². The van der Waals surface area contributed by atoms with Crippen LogP contribution in [0, 0.1) is 5.92 Å². The van der Waals surface area contributed by atoms with Crippen LogP contribution >= 0.6 is 0 Å². The second-order valence-corrected chi connectivity index (χ2v) is 8.85. The number of amides is 1. The third-order valence-corrected chi connectivity index (χ3v) is 6.61. The average Bonchev–Trinajstić information content (AvgIpc) is 3.28. The molecule has 2 aromatic carbocycles. The predicted molar refractivity (Wildman–Crippen MR) is 116 cm³/mol. The Morgan fingerprint density at radius 2 is 1.83 bits per heavy atom. The van der Waals surface area contributed by atoms with Crippen LogP contribution in [0.4, 0.5) is 5.69 Å². The number of carbonyl (C=O) groups is 1. The molecule has 5 heteroatoms. The summed E-state index contributed by atoms with van der Waals surface area (Å²) in [4.78, 5) is 25.5. The molecule has 3 heterocycles. The molecule has 0 saturated carbocycles. The molecule has 1 N–H and O–H groups in total. The van der Waals surface area contributed by atoms with E-state index < -0.39 is 0 Å². The number of imidazole rings is 1. The summed E-state index contributed by atoms with van der Waals surface area (Å²) in [6, 6.07) is 16.7. The van der Waals surface area contributed by atoms with Gasteiger partial charge in [0.1, 0.15) is 5.82 Å². The van der Waals surface area contributed by atoms with Gasteiger partial charge in [0.15, 0.2) is 0 Å². The summed E-state index contributed by atoms with van der Waals surface area (Å²) in [6.07, 6.45) is 2.15. The van der Waals surface area contributed by atoms with Crippen molar-refractivity contribution in [3.8, 4) is 0 Å². The van der Waals surface area contributed by atoms with Gasteiger partial charge in [0, 0.05) is 23.6 Å². The van der Waals surface area contributed by atoms with Crippen molar-refractivity contribution in [2.24, 2.45) is 5.92 Å².